The van der Waals surface area contributed by atoms with Crippen LogP contribution < -0.4 is 4.90 Å². The molecular weight excluding hydrogens is 443 g/mol. The number of aliphatic hydroxyl groups excluding tert-OH is 1. The van der Waals surface area contributed by atoms with Crippen LogP contribution in [-0.4, -0.2) is 63.9 Å². The number of aromatic nitrogens is 3. The summed E-state index contributed by atoms with van der Waals surface area (Å²) in [6.07, 6.45) is 0. The predicted octanol–water partition coefficient (Wildman–Crippen LogP) is 3.90. The fraction of sp³-hybridized carbons (Fsp3) is 0.280. The minimum Gasteiger partial charge on any atom is -0.395 e. The molecule has 34 heavy (non-hydrogen) atoms. The molecule has 4 aromatic rings. The van der Waals surface area contributed by atoms with E-state index in [4.69, 9.17) is 4.98 Å². The number of aliphatic hydroxyl groups is 1. The second-order valence-electron chi connectivity index (χ2n) is 8.36. The average molecular weight is 467 g/mol. The normalized spacial score (nSPS) is 14.8. The lowest BCUT2D eigenvalue weighted by atomic mass is 10.0. The first-order valence-corrected chi connectivity index (χ1v) is 11.1. The topological polar surface area (TPSA) is 56.9 Å². The molecule has 6 nitrogen and oxygen atoms in total. The van der Waals surface area contributed by atoms with Gasteiger partial charge in [-0.25, -0.2) is 18.2 Å². The molecule has 176 valence electrons. The number of aryl methyl sites for hydroxylation is 1. The van der Waals surface area contributed by atoms with E-state index in [1.807, 2.05) is 36.4 Å². The summed E-state index contributed by atoms with van der Waals surface area (Å²) in [5.74, 6) is -2.46. The number of halogens is 3. The van der Waals surface area contributed by atoms with E-state index in [0.717, 1.165) is 30.5 Å². The lowest BCUT2D eigenvalue weighted by Crippen LogP contribution is -2.47. The maximum absolute atomic E-state index is 14.8. The van der Waals surface area contributed by atoms with E-state index in [2.05, 4.69) is 14.9 Å². The van der Waals surface area contributed by atoms with Crippen molar-refractivity contribution >= 4 is 11.5 Å². The molecule has 2 aromatic heterocycles. The van der Waals surface area contributed by atoms with Crippen molar-refractivity contribution in [3.63, 3.8) is 0 Å². The lowest BCUT2D eigenvalue weighted by Gasteiger charge is -2.35. The molecule has 0 atom stereocenters. The van der Waals surface area contributed by atoms with Crippen LogP contribution >= 0.6 is 0 Å². The second kappa shape index (κ2) is 9.08. The number of fused-ring (bicyclic) bond motifs is 1. The molecule has 0 spiro atoms. The van der Waals surface area contributed by atoms with Gasteiger partial charge in [0.2, 0.25) is 0 Å². The van der Waals surface area contributed by atoms with Gasteiger partial charge in [0.05, 0.1) is 23.6 Å². The van der Waals surface area contributed by atoms with Crippen LogP contribution in [0.15, 0.2) is 48.5 Å². The summed E-state index contributed by atoms with van der Waals surface area (Å²) in [6.45, 7) is 5.40. The van der Waals surface area contributed by atoms with Gasteiger partial charge in [-0.1, -0.05) is 30.3 Å². The van der Waals surface area contributed by atoms with Gasteiger partial charge in [-0.2, -0.15) is 9.61 Å². The average Bonchev–Trinajstić information content (AvgIpc) is 3.17. The predicted molar refractivity (Wildman–Crippen MR) is 124 cm³/mol. The van der Waals surface area contributed by atoms with Gasteiger partial charge in [-0.05, 0) is 13.0 Å². The van der Waals surface area contributed by atoms with Crippen LogP contribution in [0.4, 0.5) is 19.0 Å². The number of hydrogen-bond acceptors (Lipinski definition) is 5. The Hall–Kier alpha value is -3.43. The highest BCUT2D eigenvalue weighted by atomic mass is 19.2. The highest BCUT2D eigenvalue weighted by molar-refractivity contribution is 5.83. The van der Waals surface area contributed by atoms with Gasteiger partial charge in [0.25, 0.3) is 0 Å². The van der Waals surface area contributed by atoms with E-state index >= 15 is 0 Å². The third kappa shape index (κ3) is 4.01. The minimum absolute atomic E-state index is 0.0807. The summed E-state index contributed by atoms with van der Waals surface area (Å²) < 4.78 is 44.1. The van der Waals surface area contributed by atoms with E-state index in [1.54, 1.807) is 11.4 Å². The Morgan fingerprint density at radius 3 is 2.32 bits per heavy atom. The molecule has 0 bridgehead atoms. The van der Waals surface area contributed by atoms with Crippen molar-refractivity contribution in [2.45, 2.75) is 6.92 Å². The zero-order valence-electron chi connectivity index (χ0n) is 18.7. The summed E-state index contributed by atoms with van der Waals surface area (Å²) in [5, 5.41) is 13.9. The van der Waals surface area contributed by atoms with Crippen LogP contribution in [0.2, 0.25) is 0 Å². The first-order chi connectivity index (χ1) is 16.5. The molecule has 1 aliphatic rings. The Kier molecular flexibility index (Phi) is 5.97. The Morgan fingerprint density at radius 2 is 1.62 bits per heavy atom. The largest absolute Gasteiger partial charge is 0.395 e. The summed E-state index contributed by atoms with van der Waals surface area (Å²) in [6, 6.07) is 13.0. The molecule has 1 N–H and O–H groups in total. The zero-order valence-corrected chi connectivity index (χ0v) is 18.7. The number of piperazine rings is 1. The van der Waals surface area contributed by atoms with Crippen LogP contribution in [0.5, 0.6) is 0 Å². The Balaban J connectivity index is 1.70. The Morgan fingerprint density at radius 1 is 0.912 bits per heavy atom. The fourth-order valence-electron chi connectivity index (χ4n) is 4.46. The molecule has 1 aliphatic heterocycles. The molecule has 1 saturated heterocycles. The van der Waals surface area contributed by atoms with Crippen molar-refractivity contribution in [2.75, 3.05) is 44.2 Å². The number of rotatable bonds is 5. The molecule has 0 radical (unpaired) electrons. The van der Waals surface area contributed by atoms with Gasteiger partial charge < -0.3 is 10.0 Å². The van der Waals surface area contributed by atoms with E-state index < -0.39 is 17.5 Å². The number of nitrogens with zero attached hydrogens (tertiary/aromatic N) is 5. The second-order valence-corrected chi connectivity index (χ2v) is 8.36. The van der Waals surface area contributed by atoms with Gasteiger partial charge >= 0.3 is 0 Å². The summed E-state index contributed by atoms with van der Waals surface area (Å²) >= 11 is 0. The molecule has 3 heterocycles. The number of hydrogen-bond donors (Lipinski definition) is 1. The molecule has 0 saturated carbocycles. The first-order valence-electron chi connectivity index (χ1n) is 11.1. The number of β-amino-alcohol motifs (C(OH)–C–C–N with tert-alkyl or cyclic N) is 1. The van der Waals surface area contributed by atoms with Crippen molar-refractivity contribution < 1.29 is 18.3 Å². The SMILES string of the molecule is Cc1nn2c(N3CCN(CCO)CC3)cc(-c3ccccc3)nc2c1-c1cc(F)c(F)cc1F. The highest BCUT2D eigenvalue weighted by Crippen LogP contribution is 2.35. The molecule has 0 unspecified atom stereocenters. The van der Waals surface area contributed by atoms with Crippen LogP contribution in [0, 0.1) is 24.4 Å². The van der Waals surface area contributed by atoms with Gasteiger partial charge in [0.1, 0.15) is 11.6 Å². The molecule has 5 rings (SSSR count). The van der Waals surface area contributed by atoms with Crippen molar-refractivity contribution in [3.05, 3.63) is 71.7 Å². The van der Waals surface area contributed by atoms with Crippen LogP contribution in [0.25, 0.3) is 28.0 Å². The van der Waals surface area contributed by atoms with E-state index in [-0.39, 0.29) is 12.2 Å². The lowest BCUT2D eigenvalue weighted by molar-refractivity contribution is 0.188. The van der Waals surface area contributed by atoms with Crippen LogP contribution in [-0.2, 0) is 0 Å². The number of anilines is 1. The molecule has 1 fully saturated rings. The Bertz CT molecular complexity index is 1330. The maximum Gasteiger partial charge on any atom is 0.166 e. The third-order valence-electron chi connectivity index (χ3n) is 6.21. The quantitative estimate of drug-likeness (QED) is 0.451. The van der Waals surface area contributed by atoms with Crippen molar-refractivity contribution in [3.8, 4) is 22.4 Å². The molecule has 0 aliphatic carbocycles. The highest BCUT2D eigenvalue weighted by Gasteiger charge is 2.25. The summed E-state index contributed by atoms with van der Waals surface area (Å²) in [4.78, 5) is 9.14. The van der Waals surface area contributed by atoms with Crippen molar-refractivity contribution in [2.24, 2.45) is 0 Å². The van der Waals surface area contributed by atoms with Crippen LogP contribution in [0.1, 0.15) is 5.69 Å². The molecular formula is C25H24F3N5O. The van der Waals surface area contributed by atoms with Gasteiger partial charge in [0, 0.05) is 56.0 Å². The molecule has 2 aromatic carbocycles. The molecule has 9 heteroatoms. The third-order valence-corrected chi connectivity index (χ3v) is 6.21. The standard InChI is InChI=1S/C25H24F3N5O/c1-16-24(18-13-20(27)21(28)14-19(18)26)25-29-22(17-5-3-2-4-6-17)15-23(33(25)30-16)32-9-7-31(8-10-32)11-12-34/h2-6,13-15,34H,7-12H2,1H3. The maximum atomic E-state index is 14.8. The van der Waals surface area contributed by atoms with E-state index in [1.165, 1.54) is 0 Å². The summed E-state index contributed by atoms with van der Waals surface area (Å²) in [7, 11) is 0. The van der Waals surface area contributed by atoms with Gasteiger partial charge in [0.15, 0.2) is 17.3 Å². The van der Waals surface area contributed by atoms with Gasteiger partial charge in [-0.3, -0.25) is 4.90 Å². The molecule has 0 amide bonds. The number of benzene rings is 2. The smallest absolute Gasteiger partial charge is 0.166 e. The fourth-order valence-corrected chi connectivity index (χ4v) is 4.46. The van der Waals surface area contributed by atoms with Crippen LogP contribution in [0.3, 0.4) is 0 Å². The van der Waals surface area contributed by atoms with Gasteiger partial charge in [-0.15, -0.1) is 0 Å². The summed E-state index contributed by atoms with van der Waals surface area (Å²) in [5.41, 5.74) is 2.63. The Labute approximate surface area is 194 Å². The van der Waals surface area contributed by atoms with E-state index in [9.17, 15) is 18.3 Å². The monoisotopic (exact) mass is 467 g/mol. The van der Waals surface area contributed by atoms with Crippen molar-refractivity contribution in [1.29, 1.82) is 0 Å². The van der Waals surface area contributed by atoms with E-state index in [0.29, 0.717) is 48.3 Å². The first kappa shape index (κ1) is 22.4. The minimum atomic E-state index is -1.24. The zero-order chi connectivity index (χ0) is 23.8. The van der Waals surface area contributed by atoms with Crippen molar-refractivity contribution in [1.82, 2.24) is 19.5 Å².